The molecule has 0 saturated carbocycles. The Bertz CT molecular complexity index is 1210. The number of rotatable bonds is 5. The van der Waals surface area contributed by atoms with Crippen LogP contribution in [0.2, 0.25) is 0 Å². The number of fused-ring (bicyclic) bond motifs is 1. The molecule has 1 atom stereocenters. The largest absolute Gasteiger partial charge is 0.361 e. The number of nitriles is 1. The van der Waals surface area contributed by atoms with Crippen molar-refractivity contribution in [1.29, 1.82) is 5.26 Å². The predicted octanol–water partition coefficient (Wildman–Crippen LogP) is 4.31. The number of nitrogens with one attached hydrogen (secondary N) is 2. The summed E-state index contributed by atoms with van der Waals surface area (Å²) in [4.78, 5) is 19.0. The van der Waals surface area contributed by atoms with Gasteiger partial charge >= 0.3 is 0 Å². The summed E-state index contributed by atoms with van der Waals surface area (Å²) in [5, 5.41) is 13.4. The molecular weight excluding hydrogens is 374 g/mol. The van der Waals surface area contributed by atoms with Gasteiger partial charge in [0.15, 0.2) is 0 Å². The van der Waals surface area contributed by atoms with Gasteiger partial charge in [0.05, 0.1) is 23.6 Å². The predicted molar refractivity (Wildman–Crippen MR) is 115 cm³/mol. The number of benzene rings is 1. The number of anilines is 2. The van der Waals surface area contributed by atoms with E-state index in [0.717, 1.165) is 37.3 Å². The third-order valence-corrected chi connectivity index (χ3v) is 5.58. The van der Waals surface area contributed by atoms with E-state index in [0.29, 0.717) is 11.6 Å². The van der Waals surface area contributed by atoms with Crippen LogP contribution in [0.25, 0.3) is 10.9 Å². The highest BCUT2D eigenvalue weighted by Crippen LogP contribution is 2.33. The molecule has 1 saturated heterocycles. The maximum atomic E-state index is 8.89. The number of hydrogen-bond acceptors (Lipinski definition) is 6. The molecule has 148 valence electrons. The Labute approximate surface area is 174 Å². The molecule has 0 aliphatic carbocycles. The molecule has 3 aromatic heterocycles. The first-order valence-electron chi connectivity index (χ1n) is 10.1. The van der Waals surface area contributed by atoms with E-state index in [9.17, 15) is 0 Å². The lowest BCUT2D eigenvalue weighted by Crippen LogP contribution is -2.23. The number of pyridine rings is 1. The van der Waals surface area contributed by atoms with Crippen LogP contribution in [0.1, 0.15) is 35.8 Å². The standard InChI is InChI=1S/C23H21N7/c24-13-17-6-7-18(14-27-17)28-23-26-11-9-21(29-23)22-5-2-12-30(22)15-16-3-1-4-20-19(16)8-10-25-20/h1,3-4,6-11,14,22,25H,2,5,12,15H2,(H,26,28,29)/t22-/m1/s1. The molecule has 1 aliphatic heterocycles. The van der Waals surface area contributed by atoms with Gasteiger partial charge in [-0.1, -0.05) is 12.1 Å². The van der Waals surface area contributed by atoms with Crippen LogP contribution in [0.4, 0.5) is 11.6 Å². The maximum absolute atomic E-state index is 8.89. The van der Waals surface area contributed by atoms with Gasteiger partial charge in [-0.2, -0.15) is 5.26 Å². The van der Waals surface area contributed by atoms with Crippen LogP contribution in [0.15, 0.2) is 61.1 Å². The minimum Gasteiger partial charge on any atom is -0.361 e. The van der Waals surface area contributed by atoms with Crippen molar-refractivity contribution in [2.75, 3.05) is 11.9 Å². The van der Waals surface area contributed by atoms with Gasteiger partial charge in [0.1, 0.15) is 11.8 Å². The van der Waals surface area contributed by atoms with E-state index < -0.39 is 0 Å². The average Bonchev–Trinajstić information content (AvgIpc) is 3.44. The number of aromatic amines is 1. The Balaban J connectivity index is 1.36. The average molecular weight is 395 g/mol. The van der Waals surface area contributed by atoms with Crippen molar-refractivity contribution in [2.45, 2.75) is 25.4 Å². The zero-order valence-corrected chi connectivity index (χ0v) is 16.4. The van der Waals surface area contributed by atoms with Gasteiger partial charge in [-0.3, -0.25) is 4.90 Å². The van der Waals surface area contributed by atoms with E-state index in [1.807, 2.05) is 18.3 Å². The number of likely N-dealkylation sites (tertiary alicyclic amines) is 1. The first-order valence-corrected chi connectivity index (χ1v) is 10.1. The number of nitrogens with zero attached hydrogens (tertiary/aromatic N) is 5. The maximum Gasteiger partial charge on any atom is 0.227 e. The topological polar surface area (TPSA) is 93.5 Å². The molecule has 2 N–H and O–H groups in total. The highest BCUT2D eigenvalue weighted by atomic mass is 15.2. The molecular formula is C23H21N7. The highest BCUT2D eigenvalue weighted by molar-refractivity contribution is 5.82. The molecule has 0 amide bonds. The fourth-order valence-electron chi connectivity index (χ4n) is 4.14. The lowest BCUT2D eigenvalue weighted by molar-refractivity contribution is 0.245. The van der Waals surface area contributed by atoms with E-state index >= 15 is 0 Å². The molecule has 4 aromatic rings. The van der Waals surface area contributed by atoms with Gasteiger partial charge in [0.2, 0.25) is 5.95 Å². The molecule has 4 heterocycles. The van der Waals surface area contributed by atoms with Crippen molar-refractivity contribution in [3.05, 3.63) is 78.0 Å². The molecule has 1 aliphatic rings. The Kier molecular flexibility index (Phi) is 4.83. The van der Waals surface area contributed by atoms with Crippen molar-refractivity contribution in [3.63, 3.8) is 0 Å². The second-order valence-corrected chi connectivity index (χ2v) is 7.46. The summed E-state index contributed by atoms with van der Waals surface area (Å²) in [6, 6.07) is 16.3. The summed E-state index contributed by atoms with van der Waals surface area (Å²) in [7, 11) is 0. The monoisotopic (exact) mass is 395 g/mol. The van der Waals surface area contributed by atoms with Crippen molar-refractivity contribution in [1.82, 2.24) is 24.8 Å². The quantitative estimate of drug-likeness (QED) is 0.523. The van der Waals surface area contributed by atoms with Gasteiger partial charge in [-0.25, -0.2) is 15.0 Å². The van der Waals surface area contributed by atoms with Crippen LogP contribution in [-0.2, 0) is 6.54 Å². The van der Waals surface area contributed by atoms with Gasteiger partial charge in [-0.15, -0.1) is 0 Å². The summed E-state index contributed by atoms with van der Waals surface area (Å²) in [5.41, 5.74) is 4.67. The van der Waals surface area contributed by atoms with Crippen LogP contribution in [0.3, 0.4) is 0 Å². The van der Waals surface area contributed by atoms with E-state index in [-0.39, 0.29) is 6.04 Å². The number of hydrogen-bond donors (Lipinski definition) is 2. The molecule has 0 bridgehead atoms. The normalized spacial score (nSPS) is 16.6. The Morgan fingerprint density at radius 3 is 3.00 bits per heavy atom. The molecule has 1 aromatic carbocycles. The van der Waals surface area contributed by atoms with Crippen molar-refractivity contribution in [2.24, 2.45) is 0 Å². The van der Waals surface area contributed by atoms with Crippen molar-refractivity contribution in [3.8, 4) is 6.07 Å². The van der Waals surface area contributed by atoms with E-state index in [4.69, 9.17) is 10.2 Å². The van der Waals surface area contributed by atoms with Gasteiger partial charge in [-0.05, 0) is 55.3 Å². The first-order chi connectivity index (χ1) is 14.8. The Hall–Kier alpha value is -3.76. The molecule has 0 unspecified atom stereocenters. The molecule has 5 rings (SSSR count). The summed E-state index contributed by atoms with van der Waals surface area (Å²) < 4.78 is 0. The van der Waals surface area contributed by atoms with Crippen LogP contribution < -0.4 is 5.32 Å². The second kappa shape index (κ2) is 7.93. The summed E-state index contributed by atoms with van der Waals surface area (Å²) >= 11 is 0. The lowest BCUT2D eigenvalue weighted by atomic mass is 10.1. The Morgan fingerprint density at radius 1 is 1.17 bits per heavy atom. The summed E-state index contributed by atoms with van der Waals surface area (Å²) in [6.07, 6.45) is 7.65. The zero-order valence-electron chi connectivity index (χ0n) is 16.4. The van der Waals surface area contributed by atoms with Gasteiger partial charge in [0.25, 0.3) is 0 Å². The van der Waals surface area contributed by atoms with Crippen LogP contribution in [-0.4, -0.2) is 31.4 Å². The minimum atomic E-state index is 0.266. The third-order valence-electron chi connectivity index (χ3n) is 5.58. The summed E-state index contributed by atoms with van der Waals surface area (Å²) in [5.74, 6) is 0.540. The lowest BCUT2D eigenvalue weighted by Gasteiger charge is -2.24. The molecule has 0 spiro atoms. The fourth-order valence-corrected chi connectivity index (χ4v) is 4.14. The SMILES string of the molecule is N#Cc1ccc(Nc2nccc([C@H]3CCCN3Cc3cccc4[nH]ccc34)n2)cn1. The zero-order chi connectivity index (χ0) is 20.3. The van der Waals surface area contributed by atoms with Crippen LogP contribution in [0, 0.1) is 11.3 Å². The highest BCUT2D eigenvalue weighted by Gasteiger charge is 2.27. The fraction of sp³-hybridized carbons (Fsp3) is 0.217. The van der Waals surface area contributed by atoms with Gasteiger partial charge in [0, 0.05) is 29.8 Å². The number of H-pyrrole nitrogens is 1. The van der Waals surface area contributed by atoms with E-state index in [1.54, 1.807) is 24.5 Å². The second-order valence-electron chi connectivity index (χ2n) is 7.46. The van der Waals surface area contributed by atoms with E-state index in [1.165, 1.54) is 16.5 Å². The molecule has 1 fully saturated rings. The smallest absolute Gasteiger partial charge is 0.227 e. The van der Waals surface area contributed by atoms with Crippen LogP contribution >= 0.6 is 0 Å². The van der Waals surface area contributed by atoms with Gasteiger partial charge < -0.3 is 10.3 Å². The van der Waals surface area contributed by atoms with E-state index in [2.05, 4.69) is 49.4 Å². The van der Waals surface area contributed by atoms with Crippen molar-refractivity contribution >= 4 is 22.5 Å². The molecule has 7 heteroatoms. The number of aromatic nitrogens is 4. The third kappa shape index (κ3) is 3.61. The van der Waals surface area contributed by atoms with Crippen LogP contribution in [0.5, 0.6) is 0 Å². The summed E-state index contributed by atoms with van der Waals surface area (Å²) in [6.45, 7) is 1.95. The minimum absolute atomic E-state index is 0.266. The molecule has 7 nitrogen and oxygen atoms in total. The molecule has 0 radical (unpaired) electrons. The molecule has 30 heavy (non-hydrogen) atoms. The van der Waals surface area contributed by atoms with Crippen molar-refractivity contribution < 1.29 is 0 Å². The first kappa shape index (κ1) is 18.3. The Morgan fingerprint density at radius 2 is 2.13 bits per heavy atom.